The van der Waals surface area contributed by atoms with E-state index in [1.165, 1.54) is 16.7 Å². The van der Waals surface area contributed by atoms with Gasteiger partial charge in [-0.1, -0.05) is 37.5 Å². The lowest BCUT2D eigenvalue weighted by atomic mass is 9.80. The molecule has 18 heavy (non-hydrogen) atoms. The van der Waals surface area contributed by atoms with Crippen LogP contribution in [0, 0.1) is 5.41 Å². The van der Waals surface area contributed by atoms with Gasteiger partial charge in [-0.25, -0.2) is 0 Å². The highest BCUT2D eigenvalue weighted by Crippen LogP contribution is 2.53. The largest absolute Gasteiger partial charge is 0.398 e. The molecule has 2 atom stereocenters. The highest BCUT2D eigenvalue weighted by Gasteiger charge is 2.50. The fourth-order valence-electron chi connectivity index (χ4n) is 3.44. The lowest BCUT2D eigenvalue weighted by Gasteiger charge is -2.42. The molecule has 0 amide bonds. The van der Waals surface area contributed by atoms with Gasteiger partial charge in [-0.3, -0.25) is 0 Å². The Labute approximate surface area is 113 Å². The van der Waals surface area contributed by atoms with Crippen LogP contribution in [0.2, 0.25) is 12.1 Å². The van der Waals surface area contributed by atoms with Crippen molar-refractivity contribution < 1.29 is 8.85 Å². The highest BCUT2D eigenvalue weighted by atomic mass is 28.4. The van der Waals surface area contributed by atoms with E-state index in [1.807, 2.05) is 0 Å². The first-order valence-electron chi connectivity index (χ1n) is 6.74. The molecule has 0 aromatic rings. The minimum atomic E-state index is -2.14. The number of rotatable bonds is 5. The fourth-order valence-corrected chi connectivity index (χ4v) is 6.30. The van der Waals surface area contributed by atoms with Crippen LogP contribution in [0.25, 0.3) is 0 Å². The molecule has 0 fully saturated rings. The topological polar surface area (TPSA) is 18.5 Å². The maximum absolute atomic E-state index is 5.80. The van der Waals surface area contributed by atoms with E-state index in [2.05, 4.69) is 47.2 Å². The molecule has 0 aromatic heterocycles. The Balaban J connectivity index is 3.27. The minimum absolute atomic E-state index is 0.0793. The Morgan fingerprint density at radius 3 is 2.00 bits per heavy atom. The molecule has 1 aliphatic carbocycles. The average molecular weight is 268 g/mol. The van der Waals surface area contributed by atoms with E-state index < -0.39 is 8.56 Å². The molecule has 0 bridgehead atoms. The van der Waals surface area contributed by atoms with Gasteiger partial charge < -0.3 is 8.85 Å². The predicted molar refractivity (Wildman–Crippen MR) is 79.9 cm³/mol. The Morgan fingerprint density at radius 1 is 1.22 bits per heavy atom. The van der Waals surface area contributed by atoms with E-state index in [4.69, 9.17) is 8.85 Å². The van der Waals surface area contributed by atoms with Crippen molar-refractivity contribution in [1.82, 2.24) is 0 Å². The molecular weight excluding hydrogens is 240 g/mol. The third-order valence-corrected chi connectivity index (χ3v) is 8.95. The van der Waals surface area contributed by atoms with E-state index in [0.29, 0.717) is 5.54 Å². The summed E-state index contributed by atoms with van der Waals surface area (Å²) in [5, 5.41) is 0. The molecule has 0 saturated heterocycles. The lowest BCUT2D eigenvalue weighted by Crippen LogP contribution is -2.47. The van der Waals surface area contributed by atoms with Crippen LogP contribution < -0.4 is 0 Å². The SMILES string of the molecule is CCC(C1(C)C=C(C)C(C)=C1C)[Si](C)(OC)OC. The van der Waals surface area contributed by atoms with Gasteiger partial charge in [-0.15, -0.1) is 0 Å². The molecule has 0 aromatic carbocycles. The molecule has 0 aliphatic heterocycles. The lowest BCUT2D eigenvalue weighted by molar-refractivity contribution is 0.213. The van der Waals surface area contributed by atoms with Crippen molar-refractivity contribution in [3.63, 3.8) is 0 Å². The summed E-state index contributed by atoms with van der Waals surface area (Å²) in [5.74, 6) is 0. The van der Waals surface area contributed by atoms with Gasteiger partial charge in [0.05, 0.1) is 0 Å². The fraction of sp³-hybridized carbons (Fsp3) is 0.733. The molecule has 104 valence electrons. The van der Waals surface area contributed by atoms with Crippen molar-refractivity contribution in [3.8, 4) is 0 Å². The second-order valence-electron chi connectivity index (χ2n) is 5.75. The number of hydrogen-bond donors (Lipinski definition) is 0. The van der Waals surface area contributed by atoms with Crippen molar-refractivity contribution in [1.29, 1.82) is 0 Å². The van der Waals surface area contributed by atoms with Gasteiger partial charge in [0.15, 0.2) is 0 Å². The van der Waals surface area contributed by atoms with E-state index in [0.717, 1.165) is 6.42 Å². The van der Waals surface area contributed by atoms with Gasteiger partial charge >= 0.3 is 8.56 Å². The summed E-state index contributed by atoms with van der Waals surface area (Å²) < 4.78 is 11.6. The predicted octanol–water partition coefficient (Wildman–Crippen LogP) is 4.43. The second-order valence-corrected chi connectivity index (χ2v) is 9.29. The van der Waals surface area contributed by atoms with Crippen molar-refractivity contribution >= 4 is 8.56 Å². The molecule has 2 unspecified atom stereocenters. The summed E-state index contributed by atoms with van der Waals surface area (Å²) in [4.78, 5) is 0. The van der Waals surface area contributed by atoms with Crippen molar-refractivity contribution in [3.05, 3.63) is 22.8 Å². The van der Waals surface area contributed by atoms with Crippen LogP contribution in [0.1, 0.15) is 41.0 Å². The van der Waals surface area contributed by atoms with E-state index >= 15 is 0 Å². The summed E-state index contributed by atoms with van der Waals surface area (Å²) in [7, 11) is 1.44. The standard InChI is InChI=1S/C15H28O2Si/c1-9-14(18(8,16-6)17-7)15(5)10-11(2)12(3)13(15)4/h10,14H,9H2,1-8H3. The zero-order chi connectivity index (χ0) is 14.1. The van der Waals surface area contributed by atoms with Crippen LogP contribution in [0.5, 0.6) is 0 Å². The summed E-state index contributed by atoms with van der Waals surface area (Å²) in [6.07, 6.45) is 3.49. The molecule has 1 aliphatic rings. The zero-order valence-electron chi connectivity index (χ0n) is 13.2. The first-order valence-corrected chi connectivity index (χ1v) is 9.14. The number of hydrogen-bond acceptors (Lipinski definition) is 2. The summed E-state index contributed by atoms with van der Waals surface area (Å²) in [6, 6.07) is 0. The third-order valence-electron chi connectivity index (χ3n) is 5.05. The molecule has 0 N–H and O–H groups in total. The molecule has 2 nitrogen and oxygen atoms in total. The smallest absolute Gasteiger partial charge is 0.338 e. The molecule has 1 rings (SSSR count). The van der Waals surface area contributed by atoms with Gasteiger partial charge in [-0.2, -0.15) is 0 Å². The molecule has 0 spiro atoms. The number of allylic oxidation sites excluding steroid dienone is 4. The minimum Gasteiger partial charge on any atom is -0.398 e. The van der Waals surface area contributed by atoms with E-state index in [9.17, 15) is 0 Å². The first kappa shape index (κ1) is 15.7. The highest BCUT2D eigenvalue weighted by molar-refractivity contribution is 6.67. The molecule has 0 heterocycles. The van der Waals surface area contributed by atoms with Crippen LogP contribution in [-0.2, 0) is 8.85 Å². The maximum Gasteiger partial charge on any atom is 0.338 e. The van der Waals surface area contributed by atoms with Gasteiger partial charge in [-0.05, 0) is 32.9 Å². The Kier molecular flexibility index (Phi) is 4.63. The summed E-state index contributed by atoms with van der Waals surface area (Å²) in [5.41, 5.74) is 4.82. The van der Waals surface area contributed by atoms with Crippen LogP contribution >= 0.6 is 0 Å². The Bertz CT molecular complexity index is 380. The average Bonchev–Trinajstić information content (AvgIpc) is 2.54. The molecule has 0 radical (unpaired) electrons. The first-order chi connectivity index (χ1) is 8.26. The Morgan fingerprint density at radius 2 is 1.72 bits per heavy atom. The van der Waals surface area contributed by atoms with Crippen LogP contribution in [0.4, 0.5) is 0 Å². The van der Waals surface area contributed by atoms with Crippen LogP contribution in [0.3, 0.4) is 0 Å². The van der Waals surface area contributed by atoms with E-state index in [1.54, 1.807) is 14.2 Å². The van der Waals surface area contributed by atoms with E-state index in [-0.39, 0.29) is 5.41 Å². The van der Waals surface area contributed by atoms with Crippen molar-refractivity contribution in [2.45, 2.75) is 53.1 Å². The van der Waals surface area contributed by atoms with Crippen LogP contribution in [0.15, 0.2) is 22.8 Å². The van der Waals surface area contributed by atoms with Crippen LogP contribution in [-0.4, -0.2) is 22.8 Å². The Hall–Kier alpha value is -0.383. The second kappa shape index (κ2) is 5.31. The monoisotopic (exact) mass is 268 g/mol. The molecule has 3 heteroatoms. The van der Waals surface area contributed by atoms with Gasteiger partial charge in [0.2, 0.25) is 0 Å². The molecule has 0 saturated carbocycles. The summed E-state index contributed by atoms with van der Waals surface area (Å²) in [6.45, 7) is 13.4. The van der Waals surface area contributed by atoms with Gasteiger partial charge in [0.25, 0.3) is 0 Å². The summed E-state index contributed by atoms with van der Waals surface area (Å²) >= 11 is 0. The van der Waals surface area contributed by atoms with Gasteiger partial charge in [0.1, 0.15) is 0 Å². The van der Waals surface area contributed by atoms with Crippen molar-refractivity contribution in [2.75, 3.05) is 14.2 Å². The third kappa shape index (κ3) is 2.24. The molecular formula is C15H28O2Si. The normalized spacial score (nSPS) is 26.6. The quantitative estimate of drug-likeness (QED) is 0.687. The van der Waals surface area contributed by atoms with Crippen molar-refractivity contribution in [2.24, 2.45) is 5.41 Å². The maximum atomic E-state index is 5.80. The zero-order valence-corrected chi connectivity index (χ0v) is 14.2. The van der Waals surface area contributed by atoms with Gasteiger partial charge in [0, 0.05) is 25.2 Å².